The zero-order valence-electron chi connectivity index (χ0n) is 7.36. The SMILES string of the molecule is CC(=O)[O-].CC(=O)[O-].CC(=O)[O-].[Cr+3]. The summed E-state index contributed by atoms with van der Waals surface area (Å²) in [7, 11) is 0. The van der Waals surface area contributed by atoms with Gasteiger partial charge >= 0.3 is 17.4 Å². The van der Waals surface area contributed by atoms with Crippen molar-refractivity contribution >= 4 is 17.9 Å². The van der Waals surface area contributed by atoms with Gasteiger partial charge in [-0.25, -0.2) is 0 Å². The number of carbonyl (C=O) groups excluding carboxylic acids is 3. The van der Waals surface area contributed by atoms with E-state index in [9.17, 15) is 0 Å². The summed E-state index contributed by atoms with van der Waals surface area (Å²) in [5, 5.41) is 26.7. The van der Waals surface area contributed by atoms with Crippen molar-refractivity contribution in [2.45, 2.75) is 20.8 Å². The van der Waals surface area contributed by atoms with Gasteiger partial charge < -0.3 is 29.7 Å². The van der Waals surface area contributed by atoms with E-state index in [2.05, 4.69) is 0 Å². The number of aliphatic carboxylic acids is 3. The van der Waals surface area contributed by atoms with Crippen LogP contribution in [0.25, 0.3) is 0 Å². The second-order valence-electron chi connectivity index (χ2n) is 1.47. The Kier molecular flexibility index (Phi) is 29.9. The average molecular weight is 229 g/mol. The molecule has 0 aliphatic heterocycles. The standard InChI is InChI=1S/3C2H4O2.Cr/c3*1-2(3)4;/h3*1H3,(H,3,4);/q;;;+3/p-3. The maximum Gasteiger partial charge on any atom is 3.00 e. The molecule has 75 valence electrons. The van der Waals surface area contributed by atoms with Crippen LogP contribution in [0.5, 0.6) is 0 Å². The molecule has 0 aliphatic rings. The Morgan fingerprint density at radius 3 is 0.692 bits per heavy atom. The van der Waals surface area contributed by atoms with E-state index in [0.29, 0.717) is 0 Å². The monoisotopic (exact) mass is 229 g/mol. The first-order valence-corrected chi connectivity index (χ1v) is 2.72. The van der Waals surface area contributed by atoms with Gasteiger partial charge in [0.2, 0.25) is 0 Å². The van der Waals surface area contributed by atoms with Gasteiger partial charge in [0.1, 0.15) is 0 Å². The molecular weight excluding hydrogens is 220 g/mol. The van der Waals surface area contributed by atoms with Gasteiger partial charge in [0.05, 0.1) is 0 Å². The Hall–Kier alpha value is -1.06. The predicted octanol–water partition coefficient (Wildman–Crippen LogP) is -3.73. The molecule has 7 heteroatoms. The minimum atomic E-state index is -1.08. The first kappa shape index (κ1) is 22.7. The molecule has 1 radical (unpaired) electrons. The number of carboxylic acids is 3. The first-order valence-electron chi connectivity index (χ1n) is 2.72. The molecule has 0 spiro atoms. The van der Waals surface area contributed by atoms with Crippen molar-refractivity contribution in [1.29, 1.82) is 0 Å². The van der Waals surface area contributed by atoms with Gasteiger partial charge in [-0.05, 0) is 20.8 Å². The van der Waals surface area contributed by atoms with E-state index < -0.39 is 17.9 Å². The van der Waals surface area contributed by atoms with Crippen LogP contribution in [0, 0.1) is 0 Å². The quantitative estimate of drug-likeness (QED) is 0.421. The first-order chi connectivity index (χ1) is 5.20. The molecule has 0 N–H and O–H groups in total. The molecule has 0 unspecified atom stereocenters. The molecule has 0 aromatic carbocycles. The Bertz CT molecular complexity index is 115. The Morgan fingerprint density at radius 2 is 0.692 bits per heavy atom. The maximum atomic E-state index is 8.89. The molecule has 13 heavy (non-hydrogen) atoms. The van der Waals surface area contributed by atoms with E-state index in [0.717, 1.165) is 20.8 Å². The summed E-state index contributed by atoms with van der Waals surface area (Å²) < 4.78 is 0. The number of rotatable bonds is 0. The largest absolute Gasteiger partial charge is 3.00 e. The molecule has 0 aromatic heterocycles. The van der Waals surface area contributed by atoms with Crippen LogP contribution in [0.1, 0.15) is 20.8 Å². The van der Waals surface area contributed by atoms with E-state index in [4.69, 9.17) is 29.7 Å². The molecule has 0 saturated heterocycles. The number of carbonyl (C=O) groups is 3. The third kappa shape index (κ3) is 782. The van der Waals surface area contributed by atoms with Crippen LogP contribution < -0.4 is 15.3 Å². The van der Waals surface area contributed by atoms with Gasteiger partial charge in [-0.15, -0.1) is 0 Å². The van der Waals surface area contributed by atoms with Gasteiger partial charge in [0.25, 0.3) is 0 Å². The summed E-state index contributed by atoms with van der Waals surface area (Å²) in [4.78, 5) is 26.7. The maximum absolute atomic E-state index is 8.89. The summed E-state index contributed by atoms with van der Waals surface area (Å²) in [6.07, 6.45) is 0. The van der Waals surface area contributed by atoms with E-state index in [-0.39, 0.29) is 17.4 Å². The van der Waals surface area contributed by atoms with E-state index in [1.54, 1.807) is 0 Å². The average Bonchev–Trinajstić information content (AvgIpc) is 1.54. The van der Waals surface area contributed by atoms with E-state index >= 15 is 0 Å². The van der Waals surface area contributed by atoms with Crippen molar-refractivity contribution in [2.24, 2.45) is 0 Å². The van der Waals surface area contributed by atoms with Gasteiger partial charge in [-0.1, -0.05) is 0 Å². The van der Waals surface area contributed by atoms with Crippen LogP contribution in [0.15, 0.2) is 0 Å². The zero-order valence-corrected chi connectivity index (χ0v) is 8.63. The van der Waals surface area contributed by atoms with Gasteiger partial charge in [-0.3, -0.25) is 0 Å². The molecule has 0 heterocycles. The van der Waals surface area contributed by atoms with Crippen molar-refractivity contribution in [3.63, 3.8) is 0 Å². The third-order valence-electron chi connectivity index (χ3n) is 0. The summed E-state index contributed by atoms with van der Waals surface area (Å²) >= 11 is 0. The Labute approximate surface area is 86.3 Å². The van der Waals surface area contributed by atoms with Crippen molar-refractivity contribution in [1.82, 2.24) is 0 Å². The second-order valence-corrected chi connectivity index (χ2v) is 1.47. The molecule has 0 fully saturated rings. The number of carboxylic acid groups (broad SMARTS) is 3. The van der Waals surface area contributed by atoms with E-state index in [1.165, 1.54) is 0 Å². The molecule has 0 aliphatic carbocycles. The van der Waals surface area contributed by atoms with Crippen molar-refractivity contribution in [3.05, 3.63) is 0 Å². The van der Waals surface area contributed by atoms with Gasteiger partial charge in [-0.2, -0.15) is 0 Å². The molecule has 0 bridgehead atoms. The van der Waals surface area contributed by atoms with Crippen LogP contribution in [0.2, 0.25) is 0 Å². The van der Waals surface area contributed by atoms with Crippen molar-refractivity contribution in [3.8, 4) is 0 Å². The second kappa shape index (κ2) is 17.1. The summed E-state index contributed by atoms with van der Waals surface area (Å²) in [6.45, 7) is 2.92. The van der Waals surface area contributed by atoms with Gasteiger partial charge in [0, 0.05) is 17.9 Å². The molecule has 0 rings (SSSR count). The van der Waals surface area contributed by atoms with Gasteiger partial charge in [0.15, 0.2) is 0 Å². The van der Waals surface area contributed by atoms with Crippen LogP contribution in [0.4, 0.5) is 0 Å². The number of hydrogen-bond acceptors (Lipinski definition) is 6. The van der Waals surface area contributed by atoms with Crippen LogP contribution in [-0.2, 0) is 31.7 Å². The fraction of sp³-hybridized carbons (Fsp3) is 0.500. The van der Waals surface area contributed by atoms with Crippen molar-refractivity contribution in [2.75, 3.05) is 0 Å². The summed E-state index contributed by atoms with van der Waals surface area (Å²) in [6, 6.07) is 0. The Balaban J connectivity index is -0.0000000450. The molecule has 0 aromatic rings. The molecule has 0 amide bonds. The fourth-order valence-electron chi connectivity index (χ4n) is 0. The summed E-state index contributed by atoms with van der Waals surface area (Å²) in [5.74, 6) is -3.25. The molecule has 0 atom stereocenters. The molecule has 0 saturated carbocycles. The van der Waals surface area contributed by atoms with Crippen molar-refractivity contribution < 1.29 is 47.1 Å². The zero-order chi connectivity index (χ0) is 10.7. The minimum absolute atomic E-state index is 0. The normalized spacial score (nSPS) is 5.77. The third-order valence-corrected chi connectivity index (χ3v) is 0. The predicted molar refractivity (Wildman–Crippen MR) is 32.0 cm³/mol. The smallest absolute Gasteiger partial charge is 0.550 e. The minimum Gasteiger partial charge on any atom is -0.550 e. The number of hydrogen-bond donors (Lipinski definition) is 0. The Morgan fingerprint density at radius 1 is 0.692 bits per heavy atom. The topological polar surface area (TPSA) is 120 Å². The summed E-state index contributed by atoms with van der Waals surface area (Å²) in [5.41, 5.74) is 0. The van der Waals surface area contributed by atoms with E-state index in [1.807, 2.05) is 0 Å². The molecule has 6 nitrogen and oxygen atoms in total. The van der Waals surface area contributed by atoms with Crippen LogP contribution in [0.3, 0.4) is 0 Å². The molecular formula is C6H9CrO6. The van der Waals surface area contributed by atoms with Crippen LogP contribution in [-0.4, -0.2) is 17.9 Å². The fourth-order valence-corrected chi connectivity index (χ4v) is 0. The van der Waals surface area contributed by atoms with Crippen LogP contribution >= 0.6 is 0 Å².